The number of para-hydroxylation sites is 1. The summed E-state index contributed by atoms with van der Waals surface area (Å²) in [5, 5.41) is 0. The molecule has 0 N–H and O–H groups in total. The van der Waals surface area contributed by atoms with Crippen LogP contribution < -0.4 is 4.90 Å². The average molecular weight is 345 g/mol. The van der Waals surface area contributed by atoms with E-state index in [2.05, 4.69) is 105 Å². The molecule has 0 saturated carbocycles. The summed E-state index contributed by atoms with van der Waals surface area (Å²) in [6.07, 6.45) is 2.39. The average Bonchev–Trinajstić information content (AvgIpc) is 3.05. The normalized spacial score (nSPS) is 15.1. The summed E-state index contributed by atoms with van der Waals surface area (Å²) in [5.41, 5.74) is 6.75. The van der Waals surface area contributed by atoms with Crippen molar-refractivity contribution in [3.8, 4) is 11.1 Å². The van der Waals surface area contributed by atoms with E-state index in [1.165, 1.54) is 33.8 Å². The fraction of sp³-hybridized carbons (Fsp3) is 0.333. The van der Waals surface area contributed by atoms with Crippen LogP contribution in [0.5, 0.6) is 0 Å². The summed E-state index contributed by atoms with van der Waals surface area (Å²) < 4.78 is 2.50. The molecule has 4 rings (SSSR count). The van der Waals surface area contributed by atoms with Gasteiger partial charge in [-0.1, -0.05) is 62.4 Å². The lowest BCUT2D eigenvalue weighted by molar-refractivity contribution is 0.427. The second kappa shape index (κ2) is 6.05. The molecule has 0 unspecified atom stereocenters. The summed E-state index contributed by atoms with van der Waals surface area (Å²) >= 11 is 0. The first-order valence-corrected chi connectivity index (χ1v) is 9.65. The van der Waals surface area contributed by atoms with Gasteiger partial charge in [-0.15, -0.1) is 0 Å². The number of hydrogen-bond acceptors (Lipinski definition) is 1. The van der Waals surface area contributed by atoms with Crippen LogP contribution in [0.15, 0.2) is 60.8 Å². The zero-order valence-electron chi connectivity index (χ0n) is 16.5. The number of aromatic nitrogens is 1. The van der Waals surface area contributed by atoms with Crippen LogP contribution in [-0.2, 0) is 5.54 Å². The van der Waals surface area contributed by atoms with Crippen LogP contribution in [0.25, 0.3) is 11.1 Å². The minimum atomic E-state index is -0.0751. The summed E-state index contributed by atoms with van der Waals surface area (Å²) in [4.78, 5) is 2.48. The van der Waals surface area contributed by atoms with Gasteiger partial charge in [0.25, 0.3) is 0 Å². The predicted octanol–water partition coefficient (Wildman–Crippen LogP) is 6.53. The molecule has 26 heavy (non-hydrogen) atoms. The molecule has 0 bridgehead atoms. The van der Waals surface area contributed by atoms with E-state index >= 15 is 0 Å². The minimum absolute atomic E-state index is 0.0751. The molecule has 2 nitrogen and oxygen atoms in total. The zero-order chi connectivity index (χ0) is 18.5. The highest BCUT2D eigenvalue weighted by molar-refractivity contribution is 5.86. The number of rotatable bonds is 3. The monoisotopic (exact) mass is 344 g/mol. The molecule has 3 aromatic rings. The second-order valence-corrected chi connectivity index (χ2v) is 7.99. The summed E-state index contributed by atoms with van der Waals surface area (Å²) in [5.74, 6) is 1.80. The first-order valence-electron chi connectivity index (χ1n) is 9.65. The van der Waals surface area contributed by atoms with Crippen molar-refractivity contribution in [1.82, 2.24) is 4.57 Å². The fourth-order valence-corrected chi connectivity index (χ4v) is 4.33. The number of hydrogen-bond donors (Lipinski definition) is 0. The molecule has 2 heterocycles. The molecule has 134 valence electrons. The van der Waals surface area contributed by atoms with E-state index in [4.69, 9.17) is 0 Å². The third kappa shape index (κ3) is 2.32. The van der Waals surface area contributed by atoms with Crippen LogP contribution in [0.1, 0.15) is 51.7 Å². The van der Waals surface area contributed by atoms with E-state index in [1.807, 2.05) is 0 Å². The zero-order valence-corrected chi connectivity index (χ0v) is 16.5. The third-order valence-electron chi connectivity index (χ3n) is 5.72. The van der Waals surface area contributed by atoms with Gasteiger partial charge in [0, 0.05) is 29.6 Å². The Morgan fingerprint density at radius 1 is 0.923 bits per heavy atom. The molecule has 0 aliphatic carbocycles. The molecule has 1 aliphatic rings. The quantitative estimate of drug-likeness (QED) is 0.524. The van der Waals surface area contributed by atoms with Crippen molar-refractivity contribution in [2.45, 2.75) is 46.1 Å². The standard InChI is InChI=1S/C24H28N2/c1-6-25-21-15-11-10-14-20(21)24(4,5)26-16-19(17(2)3)22(23(25)26)18-12-8-7-9-13-18/h7-17H,6H2,1-5H3. The van der Waals surface area contributed by atoms with Crippen LogP contribution in [0, 0.1) is 0 Å². The van der Waals surface area contributed by atoms with Gasteiger partial charge >= 0.3 is 0 Å². The molecule has 1 aromatic heterocycles. The maximum atomic E-state index is 2.50. The van der Waals surface area contributed by atoms with Gasteiger partial charge in [-0.2, -0.15) is 0 Å². The second-order valence-electron chi connectivity index (χ2n) is 7.99. The molecule has 1 aliphatic heterocycles. The lowest BCUT2D eigenvalue weighted by Crippen LogP contribution is -2.38. The molecule has 0 radical (unpaired) electrons. The van der Waals surface area contributed by atoms with Crippen molar-refractivity contribution in [3.63, 3.8) is 0 Å². The smallest absolute Gasteiger partial charge is 0.122 e. The highest BCUT2D eigenvalue weighted by Gasteiger charge is 2.38. The minimum Gasteiger partial charge on any atom is -0.327 e. The number of nitrogens with zero attached hydrogens (tertiary/aromatic N) is 2. The Kier molecular flexibility index (Phi) is 3.95. The molecular formula is C24H28N2. The Balaban J connectivity index is 2.08. The fourth-order valence-electron chi connectivity index (χ4n) is 4.33. The summed E-state index contributed by atoms with van der Waals surface area (Å²) in [6, 6.07) is 19.7. The van der Waals surface area contributed by atoms with Crippen molar-refractivity contribution in [3.05, 3.63) is 71.9 Å². The van der Waals surface area contributed by atoms with Crippen molar-refractivity contribution >= 4 is 11.5 Å². The van der Waals surface area contributed by atoms with Crippen LogP contribution in [0.2, 0.25) is 0 Å². The van der Waals surface area contributed by atoms with E-state index in [0.717, 1.165) is 6.54 Å². The highest BCUT2D eigenvalue weighted by Crippen LogP contribution is 2.50. The van der Waals surface area contributed by atoms with Gasteiger partial charge < -0.3 is 9.47 Å². The van der Waals surface area contributed by atoms with Gasteiger partial charge in [-0.25, -0.2) is 0 Å². The van der Waals surface area contributed by atoms with Gasteiger partial charge in [0.15, 0.2) is 0 Å². The Labute approximate surface area is 157 Å². The van der Waals surface area contributed by atoms with Crippen LogP contribution >= 0.6 is 0 Å². The van der Waals surface area contributed by atoms with E-state index < -0.39 is 0 Å². The molecular weight excluding hydrogens is 316 g/mol. The van der Waals surface area contributed by atoms with Crippen molar-refractivity contribution in [2.75, 3.05) is 11.4 Å². The molecule has 2 heteroatoms. The lowest BCUT2D eigenvalue weighted by Gasteiger charge is -2.42. The lowest BCUT2D eigenvalue weighted by atomic mass is 9.89. The van der Waals surface area contributed by atoms with Gasteiger partial charge in [-0.05, 0) is 43.9 Å². The maximum Gasteiger partial charge on any atom is 0.122 e. The largest absolute Gasteiger partial charge is 0.327 e. The van der Waals surface area contributed by atoms with E-state index in [9.17, 15) is 0 Å². The summed E-state index contributed by atoms with van der Waals surface area (Å²) in [6.45, 7) is 12.5. The Morgan fingerprint density at radius 3 is 2.23 bits per heavy atom. The van der Waals surface area contributed by atoms with Crippen molar-refractivity contribution in [2.24, 2.45) is 0 Å². The van der Waals surface area contributed by atoms with Gasteiger partial charge in [0.1, 0.15) is 5.82 Å². The van der Waals surface area contributed by atoms with E-state index in [0.29, 0.717) is 5.92 Å². The SMILES string of the molecule is CCN1c2ccccc2C(C)(C)n2cc(C(C)C)c(-c3ccccc3)c21. The predicted molar refractivity (Wildman–Crippen MR) is 112 cm³/mol. The van der Waals surface area contributed by atoms with Crippen LogP contribution in [-0.4, -0.2) is 11.1 Å². The van der Waals surface area contributed by atoms with Crippen molar-refractivity contribution in [1.29, 1.82) is 0 Å². The molecule has 0 amide bonds. The maximum absolute atomic E-state index is 2.50. The molecule has 0 fully saturated rings. The number of anilines is 2. The molecule has 0 saturated heterocycles. The number of benzene rings is 2. The van der Waals surface area contributed by atoms with Gasteiger partial charge in [-0.3, -0.25) is 0 Å². The highest BCUT2D eigenvalue weighted by atomic mass is 15.3. The topological polar surface area (TPSA) is 8.17 Å². The third-order valence-corrected chi connectivity index (χ3v) is 5.72. The van der Waals surface area contributed by atoms with E-state index in [-0.39, 0.29) is 5.54 Å². The first kappa shape index (κ1) is 17.0. The Bertz CT molecular complexity index is 932. The Morgan fingerprint density at radius 2 is 1.58 bits per heavy atom. The van der Waals surface area contributed by atoms with Crippen molar-refractivity contribution < 1.29 is 0 Å². The summed E-state index contributed by atoms with van der Waals surface area (Å²) in [7, 11) is 0. The molecule has 0 atom stereocenters. The number of fused-ring (bicyclic) bond motifs is 2. The molecule has 0 spiro atoms. The molecule has 2 aromatic carbocycles. The van der Waals surface area contributed by atoms with Crippen LogP contribution in [0.3, 0.4) is 0 Å². The van der Waals surface area contributed by atoms with Gasteiger partial charge in [0.2, 0.25) is 0 Å². The Hall–Kier alpha value is -2.48. The van der Waals surface area contributed by atoms with Gasteiger partial charge in [0.05, 0.1) is 5.54 Å². The van der Waals surface area contributed by atoms with Crippen LogP contribution in [0.4, 0.5) is 11.5 Å². The first-order chi connectivity index (χ1) is 12.5. The van der Waals surface area contributed by atoms with E-state index in [1.54, 1.807) is 0 Å².